The molecule has 0 atom stereocenters. The van der Waals surface area contributed by atoms with Gasteiger partial charge in [0.2, 0.25) is 0 Å². The Morgan fingerprint density at radius 1 is 1.04 bits per heavy atom. The van der Waals surface area contributed by atoms with Gasteiger partial charge < -0.3 is 15.4 Å². The predicted octanol–water partition coefficient (Wildman–Crippen LogP) is 3.60. The lowest BCUT2D eigenvalue weighted by atomic mass is 10.2. The molecule has 0 fully saturated rings. The van der Waals surface area contributed by atoms with Crippen molar-refractivity contribution < 1.29 is 14.3 Å². The molecule has 2 aromatic rings. The smallest absolute Gasteiger partial charge is 0.413 e. The zero-order chi connectivity index (χ0) is 17.4. The zero-order valence-electron chi connectivity index (χ0n) is 13.8. The molecule has 0 unspecified atom stereocenters. The second-order valence-electron chi connectivity index (χ2n) is 5.10. The van der Waals surface area contributed by atoms with Crippen LogP contribution in [0.25, 0.3) is 0 Å². The second-order valence-corrected chi connectivity index (χ2v) is 5.10. The number of urea groups is 1. The first-order valence-corrected chi connectivity index (χ1v) is 7.69. The quantitative estimate of drug-likeness (QED) is 0.881. The van der Waals surface area contributed by atoms with Gasteiger partial charge in [-0.3, -0.25) is 4.90 Å². The number of nitrogens with one attached hydrogen (secondary N) is 2. The Bertz CT molecular complexity index is 672. The van der Waals surface area contributed by atoms with Gasteiger partial charge in [-0.15, -0.1) is 0 Å². The molecule has 0 heterocycles. The third-order valence-electron chi connectivity index (χ3n) is 3.35. The van der Waals surface area contributed by atoms with Crippen LogP contribution in [-0.2, 0) is 11.3 Å². The summed E-state index contributed by atoms with van der Waals surface area (Å²) in [5.41, 5.74) is 2.35. The number of ether oxygens (including phenoxy) is 1. The van der Waals surface area contributed by atoms with Gasteiger partial charge in [-0.1, -0.05) is 30.3 Å². The van der Waals surface area contributed by atoms with Crippen molar-refractivity contribution in [3.8, 4) is 0 Å². The summed E-state index contributed by atoms with van der Waals surface area (Å²) in [6.07, 6.45) is -0.418. The van der Waals surface area contributed by atoms with E-state index >= 15 is 0 Å². The van der Waals surface area contributed by atoms with E-state index in [2.05, 4.69) is 10.6 Å². The van der Waals surface area contributed by atoms with Crippen LogP contribution in [0.15, 0.2) is 54.6 Å². The monoisotopic (exact) mass is 327 g/mol. The minimum absolute atomic E-state index is 0.287. The number of hydrogen-bond donors (Lipinski definition) is 2. The number of nitrogens with zero attached hydrogens (tertiary/aromatic N) is 1. The molecule has 0 aromatic heterocycles. The molecule has 24 heavy (non-hydrogen) atoms. The minimum Gasteiger partial charge on any atom is -0.449 e. The SMILES string of the molecule is CCOC(=O)N(C)c1ccc(NC(=O)NCc2ccccc2)cc1. The molecule has 0 bridgehead atoms. The maximum absolute atomic E-state index is 11.9. The molecule has 0 aliphatic rings. The maximum Gasteiger partial charge on any atom is 0.413 e. The molecule has 2 N–H and O–H groups in total. The summed E-state index contributed by atoms with van der Waals surface area (Å²) in [6.45, 7) is 2.54. The first kappa shape index (κ1) is 17.3. The van der Waals surface area contributed by atoms with Gasteiger partial charge in [-0.25, -0.2) is 9.59 Å². The van der Waals surface area contributed by atoms with Gasteiger partial charge >= 0.3 is 12.1 Å². The molecule has 6 heteroatoms. The standard InChI is InChI=1S/C18H21N3O3/c1-3-24-18(23)21(2)16-11-9-15(10-12-16)20-17(22)19-13-14-7-5-4-6-8-14/h4-12H,3,13H2,1-2H3,(H2,19,20,22). The Kier molecular flexibility index (Phi) is 6.19. The minimum atomic E-state index is -0.418. The summed E-state index contributed by atoms with van der Waals surface area (Å²) in [5.74, 6) is 0. The number of rotatable bonds is 5. The molecule has 2 rings (SSSR count). The fourth-order valence-corrected chi connectivity index (χ4v) is 2.05. The average molecular weight is 327 g/mol. The summed E-state index contributed by atoms with van der Waals surface area (Å²) in [7, 11) is 1.63. The lowest BCUT2D eigenvalue weighted by Gasteiger charge is -2.17. The molecule has 0 aliphatic carbocycles. The fraction of sp³-hybridized carbons (Fsp3) is 0.222. The highest BCUT2D eigenvalue weighted by Crippen LogP contribution is 2.17. The molecular formula is C18H21N3O3. The summed E-state index contributed by atoms with van der Waals surface area (Å²) in [5, 5.41) is 5.53. The van der Waals surface area contributed by atoms with Crippen molar-refractivity contribution in [2.45, 2.75) is 13.5 Å². The van der Waals surface area contributed by atoms with Crippen LogP contribution >= 0.6 is 0 Å². The van der Waals surface area contributed by atoms with Crippen molar-refractivity contribution in [3.63, 3.8) is 0 Å². The Labute approximate surface area is 141 Å². The van der Waals surface area contributed by atoms with Gasteiger partial charge in [0.05, 0.1) is 6.61 Å². The van der Waals surface area contributed by atoms with Crippen molar-refractivity contribution in [3.05, 3.63) is 60.2 Å². The Balaban J connectivity index is 1.86. The van der Waals surface area contributed by atoms with Crippen LogP contribution in [0, 0.1) is 0 Å². The summed E-state index contributed by atoms with van der Waals surface area (Å²) in [4.78, 5) is 24.9. The topological polar surface area (TPSA) is 70.7 Å². The summed E-state index contributed by atoms with van der Waals surface area (Å²) in [6, 6.07) is 16.3. The van der Waals surface area contributed by atoms with Crippen LogP contribution in [0.5, 0.6) is 0 Å². The van der Waals surface area contributed by atoms with Crippen LogP contribution in [0.3, 0.4) is 0 Å². The van der Waals surface area contributed by atoms with E-state index in [0.717, 1.165) is 5.56 Å². The van der Waals surface area contributed by atoms with Crippen LogP contribution in [0.4, 0.5) is 21.0 Å². The first-order valence-electron chi connectivity index (χ1n) is 7.69. The maximum atomic E-state index is 11.9. The van der Waals surface area contributed by atoms with E-state index in [-0.39, 0.29) is 6.03 Å². The lowest BCUT2D eigenvalue weighted by Crippen LogP contribution is -2.28. The average Bonchev–Trinajstić information content (AvgIpc) is 2.61. The molecule has 0 aliphatic heterocycles. The fourth-order valence-electron chi connectivity index (χ4n) is 2.05. The van der Waals surface area contributed by atoms with Gasteiger partial charge in [0, 0.05) is 25.0 Å². The van der Waals surface area contributed by atoms with E-state index in [9.17, 15) is 9.59 Å². The van der Waals surface area contributed by atoms with Crippen molar-refractivity contribution >= 4 is 23.5 Å². The Morgan fingerprint density at radius 3 is 2.33 bits per heavy atom. The van der Waals surface area contributed by atoms with E-state index in [1.54, 1.807) is 38.2 Å². The van der Waals surface area contributed by atoms with Crippen LogP contribution in [-0.4, -0.2) is 25.8 Å². The van der Waals surface area contributed by atoms with Crippen LogP contribution < -0.4 is 15.5 Å². The largest absolute Gasteiger partial charge is 0.449 e. The molecule has 2 aromatic carbocycles. The van der Waals surface area contributed by atoms with Gasteiger partial charge in [0.25, 0.3) is 0 Å². The van der Waals surface area contributed by atoms with Crippen LogP contribution in [0.1, 0.15) is 12.5 Å². The summed E-state index contributed by atoms with van der Waals surface area (Å²) >= 11 is 0. The number of carbonyl (C=O) groups excluding carboxylic acids is 2. The zero-order valence-corrected chi connectivity index (χ0v) is 13.8. The first-order chi connectivity index (χ1) is 11.6. The molecular weight excluding hydrogens is 306 g/mol. The molecule has 0 saturated carbocycles. The van der Waals surface area contributed by atoms with E-state index in [4.69, 9.17) is 4.74 Å². The molecule has 0 saturated heterocycles. The van der Waals surface area contributed by atoms with Crippen LogP contribution in [0.2, 0.25) is 0 Å². The van der Waals surface area contributed by atoms with Crippen molar-refractivity contribution in [1.29, 1.82) is 0 Å². The Hall–Kier alpha value is -3.02. The van der Waals surface area contributed by atoms with Gasteiger partial charge in [-0.05, 0) is 36.8 Å². The number of benzene rings is 2. The number of hydrogen-bond acceptors (Lipinski definition) is 3. The lowest BCUT2D eigenvalue weighted by molar-refractivity contribution is 0.161. The highest BCUT2D eigenvalue weighted by Gasteiger charge is 2.11. The van der Waals surface area contributed by atoms with Crippen molar-refractivity contribution in [1.82, 2.24) is 5.32 Å². The number of carbonyl (C=O) groups is 2. The predicted molar refractivity (Wildman–Crippen MR) is 94.2 cm³/mol. The van der Waals surface area contributed by atoms with Crippen molar-refractivity contribution in [2.24, 2.45) is 0 Å². The summed E-state index contributed by atoms with van der Waals surface area (Å²) < 4.78 is 4.93. The van der Waals surface area contributed by atoms with E-state index in [1.165, 1.54) is 4.90 Å². The molecule has 126 valence electrons. The van der Waals surface area contributed by atoms with Gasteiger partial charge in [-0.2, -0.15) is 0 Å². The molecule has 3 amide bonds. The highest BCUT2D eigenvalue weighted by atomic mass is 16.6. The van der Waals surface area contributed by atoms with Gasteiger partial charge in [0.1, 0.15) is 0 Å². The third kappa shape index (κ3) is 5.01. The van der Waals surface area contributed by atoms with E-state index in [0.29, 0.717) is 24.5 Å². The number of anilines is 2. The highest BCUT2D eigenvalue weighted by molar-refractivity contribution is 5.90. The van der Waals surface area contributed by atoms with E-state index < -0.39 is 6.09 Å². The second kappa shape index (κ2) is 8.57. The number of amides is 3. The molecule has 6 nitrogen and oxygen atoms in total. The van der Waals surface area contributed by atoms with E-state index in [1.807, 2.05) is 30.3 Å². The van der Waals surface area contributed by atoms with Gasteiger partial charge in [0.15, 0.2) is 0 Å². The van der Waals surface area contributed by atoms with Crippen molar-refractivity contribution in [2.75, 3.05) is 23.9 Å². The normalized spacial score (nSPS) is 9.92. The molecule has 0 radical (unpaired) electrons. The molecule has 0 spiro atoms. The third-order valence-corrected chi connectivity index (χ3v) is 3.35. The Morgan fingerprint density at radius 2 is 1.71 bits per heavy atom.